The molecule has 8 nitrogen and oxygen atoms in total. The molecule has 0 aliphatic carbocycles. The molecule has 32 heavy (non-hydrogen) atoms. The third-order valence-electron chi connectivity index (χ3n) is 4.90. The van der Waals surface area contributed by atoms with E-state index in [1.807, 2.05) is 0 Å². The summed E-state index contributed by atoms with van der Waals surface area (Å²) < 4.78 is 4.70. The summed E-state index contributed by atoms with van der Waals surface area (Å²) in [5.41, 5.74) is -0.133. The predicted octanol–water partition coefficient (Wildman–Crippen LogP) is 4.01. The van der Waals surface area contributed by atoms with E-state index in [-0.39, 0.29) is 44.6 Å². The van der Waals surface area contributed by atoms with E-state index < -0.39 is 30.2 Å². The van der Waals surface area contributed by atoms with Gasteiger partial charge < -0.3 is 20.3 Å². The molecule has 1 aliphatic rings. The smallest absolute Gasteiger partial charge is 0.334 e. The van der Waals surface area contributed by atoms with Crippen molar-refractivity contribution >= 4 is 52.4 Å². The van der Waals surface area contributed by atoms with E-state index >= 15 is 0 Å². The van der Waals surface area contributed by atoms with Gasteiger partial charge in [-0.2, -0.15) is 0 Å². The van der Waals surface area contributed by atoms with E-state index in [1.165, 1.54) is 30.6 Å². The van der Waals surface area contributed by atoms with Gasteiger partial charge in [0.15, 0.2) is 0 Å². The highest BCUT2D eigenvalue weighted by atomic mass is 35.5. The first kappa shape index (κ1) is 23.8. The lowest BCUT2D eigenvalue weighted by molar-refractivity contribution is -0.139. The van der Waals surface area contributed by atoms with Gasteiger partial charge in [0.05, 0.1) is 35.6 Å². The van der Waals surface area contributed by atoms with Crippen molar-refractivity contribution in [2.24, 2.45) is 0 Å². The SMILES string of the molecule is COC(=O)CC1=C(C(=O)O)C(c2c(Cl)cccc2Cl)C(C(=O)O)=C(CCc2nccs2)N1. The molecule has 3 N–H and O–H groups in total. The van der Waals surface area contributed by atoms with Gasteiger partial charge in [-0.05, 0) is 18.6 Å². The third-order valence-corrected chi connectivity index (χ3v) is 6.40. The Morgan fingerprint density at radius 3 is 2.25 bits per heavy atom. The van der Waals surface area contributed by atoms with E-state index in [4.69, 9.17) is 27.9 Å². The molecule has 1 aliphatic heterocycles. The maximum absolute atomic E-state index is 12.4. The summed E-state index contributed by atoms with van der Waals surface area (Å²) in [6, 6.07) is 4.57. The number of carboxylic acid groups (broad SMARTS) is 2. The molecule has 1 unspecified atom stereocenters. The van der Waals surface area contributed by atoms with Crippen LogP contribution in [-0.2, 0) is 25.5 Å². The van der Waals surface area contributed by atoms with Crippen molar-refractivity contribution in [3.05, 3.63) is 72.9 Å². The fourth-order valence-electron chi connectivity index (χ4n) is 3.55. The van der Waals surface area contributed by atoms with Gasteiger partial charge in [0.1, 0.15) is 0 Å². The number of halogens is 2. The number of benzene rings is 1. The average Bonchev–Trinajstić information content (AvgIpc) is 3.25. The molecule has 1 aromatic heterocycles. The first-order valence-corrected chi connectivity index (χ1v) is 11.0. The molecular weight excluding hydrogens is 479 g/mol. The summed E-state index contributed by atoms with van der Waals surface area (Å²) in [7, 11) is 1.18. The van der Waals surface area contributed by atoms with E-state index in [9.17, 15) is 24.6 Å². The van der Waals surface area contributed by atoms with Crippen LogP contribution >= 0.6 is 34.5 Å². The second-order valence-electron chi connectivity index (χ2n) is 6.77. The topological polar surface area (TPSA) is 126 Å². The molecule has 1 aromatic carbocycles. The second-order valence-corrected chi connectivity index (χ2v) is 8.56. The van der Waals surface area contributed by atoms with E-state index in [2.05, 4.69) is 10.3 Å². The Hall–Kier alpha value is -2.88. The Kier molecular flexibility index (Phi) is 7.55. The van der Waals surface area contributed by atoms with Crippen LogP contribution in [0, 0.1) is 0 Å². The number of esters is 1. The van der Waals surface area contributed by atoms with Gasteiger partial charge in [-0.15, -0.1) is 11.3 Å². The molecule has 168 valence electrons. The largest absolute Gasteiger partial charge is 0.478 e. The number of rotatable bonds is 8. The first-order chi connectivity index (χ1) is 15.2. The van der Waals surface area contributed by atoms with Crippen LogP contribution in [0.15, 0.2) is 52.3 Å². The predicted molar refractivity (Wildman–Crippen MR) is 119 cm³/mol. The monoisotopic (exact) mass is 496 g/mol. The Morgan fingerprint density at radius 1 is 1.09 bits per heavy atom. The highest BCUT2D eigenvalue weighted by Crippen LogP contribution is 2.45. The molecular formula is C21H18Cl2N2O6S. The van der Waals surface area contributed by atoms with Crippen LogP contribution in [0.25, 0.3) is 0 Å². The summed E-state index contributed by atoms with van der Waals surface area (Å²) in [4.78, 5) is 40.9. The quantitative estimate of drug-likeness (QED) is 0.467. The van der Waals surface area contributed by atoms with Crippen LogP contribution in [0.1, 0.15) is 29.3 Å². The van der Waals surface area contributed by atoms with Gasteiger partial charge >= 0.3 is 17.9 Å². The molecule has 0 spiro atoms. The Morgan fingerprint density at radius 2 is 1.72 bits per heavy atom. The third kappa shape index (κ3) is 4.95. The second kappa shape index (κ2) is 10.2. The van der Waals surface area contributed by atoms with Crippen LogP contribution in [0.3, 0.4) is 0 Å². The number of aliphatic carboxylic acids is 2. The van der Waals surface area contributed by atoms with Crippen molar-refractivity contribution in [3.63, 3.8) is 0 Å². The van der Waals surface area contributed by atoms with E-state index in [0.29, 0.717) is 6.42 Å². The number of aromatic nitrogens is 1. The molecule has 0 radical (unpaired) electrons. The van der Waals surface area contributed by atoms with Gasteiger partial charge in [-0.1, -0.05) is 29.3 Å². The van der Waals surface area contributed by atoms with Crippen molar-refractivity contribution in [1.29, 1.82) is 0 Å². The number of hydrogen-bond donors (Lipinski definition) is 3. The normalized spacial score (nSPS) is 16.0. The summed E-state index contributed by atoms with van der Waals surface area (Å²) in [6.45, 7) is 0. The van der Waals surface area contributed by atoms with Gasteiger partial charge in [-0.3, -0.25) is 4.79 Å². The lowest BCUT2D eigenvalue weighted by Gasteiger charge is -2.31. The Bertz CT molecular complexity index is 1110. The van der Waals surface area contributed by atoms with Gasteiger partial charge in [0.2, 0.25) is 0 Å². The lowest BCUT2D eigenvalue weighted by Crippen LogP contribution is -2.34. The lowest BCUT2D eigenvalue weighted by atomic mass is 9.79. The Balaban J connectivity index is 2.23. The van der Waals surface area contributed by atoms with Crippen molar-refractivity contribution in [3.8, 4) is 0 Å². The van der Waals surface area contributed by atoms with Crippen LogP contribution in [0.5, 0.6) is 0 Å². The maximum Gasteiger partial charge on any atom is 0.334 e. The van der Waals surface area contributed by atoms with Crippen LogP contribution in [-0.4, -0.2) is 40.2 Å². The number of carboxylic acids is 2. The fraction of sp³-hybridized carbons (Fsp3) is 0.238. The highest BCUT2D eigenvalue weighted by molar-refractivity contribution is 7.09. The summed E-state index contributed by atoms with van der Waals surface area (Å²) in [5, 5.41) is 25.8. The number of methoxy groups -OCH3 is 1. The molecule has 0 saturated heterocycles. The number of nitrogens with zero attached hydrogens (tertiary/aromatic N) is 1. The van der Waals surface area contributed by atoms with Gasteiger partial charge in [0.25, 0.3) is 0 Å². The summed E-state index contributed by atoms with van der Waals surface area (Å²) in [6.07, 6.45) is 1.86. The van der Waals surface area contributed by atoms with Crippen molar-refractivity contribution in [1.82, 2.24) is 10.3 Å². The van der Waals surface area contributed by atoms with E-state index in [1.54, 1.807) is 17.6 Å². The molecule has 0 bridgehead atoms. The zero-order chi connectivity index (χ0) is 23.4. The van der Waals surface area contributed by atoms with Crippen LogP contribution in [0.4, 0.5) is 0 Å². The van der Waals surface area contributed by atoms with Crippen molar-refractivity contribution in [2.45, 2.75) is 25.2 Å². The number of ether oxygens (including phenoxy) is 1. The zero-order valence-electron chi connectivity index (χ0n) is 16.7. The molecule has 0 fully saturated rings. The first-order valence-electron chi connectivity index (χ1n) is 9.33. The number of thiazole rings is 1. The molecule has 0 saturated carbocycles. The van der Waals surface area contributed by atoms with Crippen LogP contribution < -0.4 is 5.32 Å². The highest BCUT2D eigenvalue weighted by Gasteiger charge is 2.40. The minimum Gasteiger partial charge on any atom is -0.478 e. The number of allylic oxidation sites excluding steroid dienone is 1. The summed E-state index contributed by atoms with van der Waals surface area (Å²) >= 11 is 14.1. The minimum absolute atomic E-state index is 0.0180. The van der Waals surface area contributed by atoms with Crippen molar-refractivity contribution in [2.75, 3.05) is 7.11 Å². The van der Waals surface area contributed by atoms with Gasteiger partial charge in [0, 0.05) is 45.0 Å². The zero-order valence-corrected chi connectivity index (χ0v) is 19.1. The molecule has 2 aromatic rings. The number of aryl methyl sites for hydroxylation is 1. The molecule has 2 heterocycles. The number of carbonyl (C=O) groups is 3. The minimum atomic E-state index is -1.41. The fourth-order valence-corrected chi connectivity index (χ4v) is 4.79. The van der Waals surface area contributed by atoms with Crippen LogP contribution in [0.2, 0.25) is 10.0 Å². The maximum atomic E-state index is 12.4. The van der Waals surface area contributed by atoms with Gasteiger partial charge in [-0.25, -0.2) is 14.6 Å². The molecule has 3 rings (SSSR count). The average molecular weight is 497 g/mol. The summed E-state index contributed by atoms with van der Waals surface area (Å²) in [5.74, 6) is -4.73. The standard InChI is InChI=1S/C21H18Cl2N2O6S/c1-31-15(26)9-13-18(21(29)30)19(16-10(22)3-2-4-11(16)23)17(20(27)28)12(25-13)5-6-14-24-7-8-32-14/h2-4,7-8,19,25H,5-6,9H2,1H3,(H,27,28)(H,29,30). The molecule has 0 amide bonds. The Labute approximate surface area is 197 Å². The molecule has 1 atom stereocenters. The van der Waals surface area contributed by atoms with Crippen molar-refractivity contribution < 1.29 is 29.3 Å². The number of dihydropyridines is 1. The number of hydrogen-bond acceptors (Lipinski definition) is 7. The number of carbonyl (C=O) groups excluding carboxylic acids is 1. The number of nitrogens with one attached hydrogen (secondary N) is 1. The van der Waals surface area contributed by atoms with E-state index in [0.717, 1.165) is 5.01 Å². The molecule has 11 heteroatoms.